The number of H-pyrrole nitrogens is 1. The molecule has 0 saturated carbocycles. The van der Waals surface area contributed by atoms with E-state index in [4.69, 9.17) is 4.98 Å². The highest BCUT2D eigenvalue weighted by Crippen LogP contribution is 2.31. The van der Waals surface area contributed by atoms with Crippen molar-refractivity contribution in [2.24, 2.45) is 0 Å². The zero-order chi connectivity index (χ0) is 16.8. The standard InChI is InChI=1S/C21H16N4/c1-14-7-8-17-12-19(15-5-3-2-4-6-15)25(21(17)24-14)18-11-16-9-10-22-20(16)23-13-18/h2-13H,1H3,(H,22,23). The van der Waals surface area contributed by atoms with Crippen molar-refractivity contribution in [1.82, 2.24) is 19.5 Å². The summed E-state index contributed by atoms with van der Waals surface area (Å²) >= 11 is 0. The fourth-order valence-corrected chi connectivity index (χ4v) is 3.30. The van der Waals surface area contributed by atoms with Crippen molar-refractivity contribution in [1.29, 1.82) is 0 Å². The van der Waals surface area contributed by atoms with Crippen LogP contribution in [0, 0.1) is 6.92 Å². The monoisotopic (exact) mass is 324 g/mol. The van der Waals surface area contributed by atoms with E-state index in [2.05, 4.69) is 63.1 Å². The minimum atomic E-state index is 0.894. The molecule has 4 aromatic heterocycles. The van der Waals surface area contributed by atoms with E-state index in [1.54, 1.807) is 0 Å². The van der Waals surface area contributed by atoms with E-state index in [0.717, 1.165) is 44.7 Å². The van der Waals surface area contributed by atoms with E-state index in [9.17, 15) is 0 Å². The van der Waals surface area contributed by atoms with Crippen LogP contribution >= 0.6 is 0 Å². The third-order valence-electron chi connectivity index (χ3n) is 4.50. The molecule has 0 aliphatic carbocycles. The molecule has 0 unspecified atom stereocenters. The molecule has 5 aromatic rings. The molecule has 0 aliphatic rings. The molecule has 0 radical (unpaired) electrons. The zero-order valence-corrected chi connectivity index (χ0v) is 13.8. The summed E-state index contributed by atoms with van der Waals surface area (Å²) in [7, 11) is 0. The molecule has 0 bridgehead atoms. The van der Waals surface area contributed by atoms with E-state index in [-0.39, 0.29) is 0 Å². The van der Waals surface area contributed by atoms with E-state index >= 15 is 0 Å². The molecular formula is C21H16N4. The molecule has 4 heterocycles. The maximum Gasteiger partial charge on any atom is 0.145 e. The summed E-state index contributed by atoms with van der Waals surface area (Å²) < 4.78 is 2.19. The summed E-state index contributed by atoms with van der Waals surface area (Å²) in [5.41, 5.74) is 6.14. The Hall–Kier alpha value is -3.40. The van der Waals surface area contributed by atoms with Crippen molar-refractivity contribution in [2.45, 2.75) is 6.92 Å². The van der Waals surface area contributed by atoms with E-state index in [1.165, 1.54) is 0 Å². The zero-order valence-electron chi connectivity index (χ0n) is 13.8. The first kappa shape index (κ1) is 14.0. The summed E-state index contributed by atoms with van der Waals surface area (Å²) in [6.07, 6.45) is 3.81. The molecule has 0 fully saturated rings. The lowest BCUT2D eigenvalue weighted by Crippen LogP contribution is -1.99. The lowest BCUT2D eigenvalue weighted by molar-refractivity contribution is 1.07. The van der Waals surface area contributed by atoms with Gasteiger partial charge in [-0.3, -0.25) is 4.57 Å². The summed E-state index contributed by atoms with van der Waals surface area (Å²) in [5, 5.41) is 2.21. The smallest absolute Gasteiger partial charge is 0.145 e. The van der Waals surface area contributed by atoms with Gasteiger partial charge in [-0.25, -0.2) is 9.97 Å². The first-order valence-corrected chi connectivity index (χ1v) is 8.28. The van der Waals surface area contributed by atoms with Gasteiger partial charge in [0.15, 0.2) is 0 Å². The van der Waals surface area contributed by atoms with Gasteiger partial charge in [-0.2, -0.15) is 0 Å². The maximum absolute atomic E-state index is 4.79. The molecular weight excluding hydrogens is 308 g/mol. The van der Waals surface area contributed by atoms with Gasteiger partial charge in [0.05, 0.1) is 17.6 Å². The second-order valence-electron chi connectivity index (χ2n) is 6.21. The highest BCUT2D eigenvalue weighted by atomic mass is 15.1. The van der Waals surface area contributed by atoms with Crippen LogP contribution in [-0.4, -0.2) is 19.5 Å². The molecule has 0 aliphatic heterocycles. The van der Waals surface area contributed by atoms with Crippen LogP contribution in [0.2, 0.25) is 0 Å². The first-order valence-electron chi connectivity index (χ1n) is 8.28. The van der Waals surface area contributed by atoms with Crippen molar-refractivity contribution in [2.75, 3.05) is 0 Å². The minimum Gasteiger partial charge on any atom is -0.346 e. The molecule has 120 valence electrons. The van der Waals surface area contributed by atoms with Gasteiger partial charge in [0.25, 0.3) is 0 Å². The third-order valence-corrected chi connectivity index (χ3v) is 4.50. The van der Waals surface area contributed by atoms with Gasteiger partial charge >= 0.3 is 0 Å². The summed E-state index contributed by atoms with van der Waals surface area (Å²) in [6, 6.07) is 21.0. The molecule has 4 nitrogen and oxygen atoms in total. The number of pyridine rings is 2. The molecule has 5 rings (SSSR count). The van der Waals surface area contributed by atoms with Crippen LogP contribution in [0.1, 0.15) is 5.69 Å². The van der Waals surface area contributed by atoms with Crippen molar-refractivity contribution < 1.29 is 0 Å². The van der Waals surface area contributed by atoms with E-state index in [1.807, 2.05) is 31.5 Å². The lowest BCUT2D eigenvalue weighted by atomic mass is 10.1. The molecule has 0 atom stereocenters. The second kappa shape index (κ2) is 5.31. The molecule has 4 heteroatoms. The van der Waals surface area contributed by atoms with Crippen molar-refractivity contribution in [3.05, 3.63) is 78.8 Å². The number of hydrogen-bond acceptors (Lipinski definition) is 2. The van der Waals surface area contributed by atoms with Crippen molar-refractivity contribution in [3.8, 4) is 16.9 Å². The summed E-state index contributed by atoms with van der Waals surface area (Å²) in [5.74, 6) is 0. The Labute approximate surface area is 144 Å². The average Bonchev–Trinajstić information content (AvgIpc) is 3.25. The fraction of sp³-hybridized carbons (Fsp3) is 0.0476. The van der Waals surface area contributed by atoms with Crippen LogP contribution in [0.25, 0.3) is 39.0 Å². The number of fused-ring (bicyclic) bond motifs is 2. The number of hydrogen-bond donors (Lipinski definition) is 1. The van der Waals surface area contributed by atoms with Gasteiger partial charge in [-0.05, 0) is 42.8 Å². The Morgan fingerprint density at radius 1 is 0.920 bits per heavy atom. The highest BCUT2D eigenvalue weighted by Gasteiger charge is 2.14. The Bertz CT molecular complexity index is 1200. The molecule has 1 N–H and O–H groups in total. The van der Waals surface area contributed by atoms with Gasteiger partial charge in [-0.15, -0.1) is 0 Å². The quantitative estimate of drug-likeness (QED) is 0.503. The summed E-state index contributed by atoms with van der Waals surface area (Å²) in [4.78, 5) is 12.5. The number of aromatic nitrogens is 4. The van der Waals surface area contributed by atoms with Crippen LogP contribution in [0.15, 0.2) is 73.1 Å². The normalized spacial score (nSPS) is 11.4. The predicted octanol–water partition coefficient (Wildman–Crippen LogP) is 4.88. The number of benzene rings is 1. The SMILES string of the molecule is Cc1ccc2cc(-c3ccccc3)n(-c3cnc4[nH]ccc4c3)c2n1. The Morgan fingerprint density at radius 2 is 1.80 bits per heavy atom. The Balaban J connectivity index is 1.86. The number of aryl methyl sites for hydroxylation is 1. The van der Waals surface area contributed by atoms with Crippen molar-refractivity contribution >= 4 is 22.1 Å². The predicted molar refractivity (Wildman–Crippen MR) is 101 cm³/mol. The third kappa shape index (κ3) is 2.22. The molecule has 1 aromatic carbocycles. The molecule has 0 spiro atoms. The number of nitrogens with one attached hydrogen (secondary N) is 1. The highest BCUT2D eigenvalue weighted by molar-refractivity contribution is 5.88. The second-order valence-corrected chi connectivity index (χ2v) is 6.21. The van der Waals surface area contributed by atoms with Gasteiger partial charge < -0.3 is 4.98 Å². The topological polar surface area (TPSA) is 46.5 Å². The summed E-state index contributed by atoms with van der Waals surface area (Å²) in [6.45, 7) is 2.02. The van der Waals surface area contributed by atoms with Gasteiger partial charge in [0.1, 0.15) is 11.3 Å². The fourth-order valence-electron chi connectivity index (χ4n) is 3.30. The minimum absolute atomic E-state index is 0.894. The van der Waals surface area contributed by atoms with Crippen LogP contribution in [0.4, 0.5) is 0 Å². The number of rotatable bonds is 2. The number of aromatic amines is 1. The molecule has 0 saturated heterocycles. The van der Waals surface area contributed by atoms with Crippen LogP contribution in [-0.2, 0) is 0 Å². The van der Waals surface area contributed by atoms with E-state index < -0.39 is 0 Å². The molecule has 0 amide bonds. The van der Waals surface area contributed by atoms with Crippen LogP contribution in [0.5, 0.6) is 0 Å². The number of nitrogens with zero attached hydrogens (tertiary/aromatic N) is 3. The lowest BCUT2D eigenvalue weighted by Gasteiger charge is -2.11. The van der Waals surface area contributed by atoms with Crippen LogP contribution in [0.3, 0.4) is 0 Å². The van der Waals surface area contributed by atoms with Crippen molar-refractivity contribution in [3.63, 3.8) is 0 Å². The average molecular weight is 324 g/mol. The Morgan fingerprint density at radius 3 is 2.68 bits per heavy atom. The maximum atomic E-state index is 4.79. The molecule has 25 heavy (non-hydrogen) atoms. The van der Waals surface area contributed by atoms with Gasteiger partial charge in [-0.1, -0.05) is 30.3 Å². The van der Waals surface area contributed by atoms with E-state index in [0.29, 0.717) is 0 Å². The Kier molecular flexibility index (Phi) is 2.97. The first-order chi connectivity index (χ1) is 12.3. The van der Waals surface area contributed by atoms with Crippen LogP contribution < -0.4 is 0 Å². The van der Waals surface area contributed by atoms with Gasteiger partial charge in [0.2, 0.25) is 0 Å². The largest absolute Gasteiger partial charge is 0.346 e. The van der Waals surface area contributed by atoms with Gasteiger partial charge in [0, 0.05) is 22.7 Å².